The number of benzene rings is 2. The molecule has 0 bridgehead atoms. The number of nitrogens with zero attached hydrogens (tertiary/aromatic N) is 2. The summed E-state index contributed by atoms with van der Waals surface area (Å²) in [7, 11) is 0. The van der Waals surface area contributed by atoms with Gasteiger partial charge in [0.05, 0.1) is 18.1 Å². The van der Waals surface area contributed by atoms with Crippen molar-refractivity contribution in [3.63, 3.8) is 0 Å². The molecule has 0 radical (unpaired) electrons. The van der Waals surface area contributed by atoms with Crippen LogP contribution in [0.5, 0.6) is 11.5 Å². The highest BCUT2D eigenvalue weighted by atomic mass is 32.2. The molecule has 3 amide bonds. The zero-order valence-electron chi connectivity index (χ0n) is 18.8. The second-order valence-corrected chi connectivity index (χ2v) is 8.87. The quantitative estimate of drug-likeness (QED) is 0.515. The van der Waals surface area contributed by atoms with E-state index in [-0.39, 0.29) is 29.5 Å². The van der Waals surface area contributed by atoms with Gasteiger partial charge in [-0.2, -0.15) is 0 Å². The molecule has 0 atom stereocenters. The molecule has 2 fully saturated rings. The SMILES string of the molecule is CCOc1cc(/C=C2\SC(=O)N(Cc3ccccc3F)C2=O)ccc1OCC(=O)N1CCCC1. The molecule has 4 rings (SSSR count). The van der Waals surface area contributed by atoms with E-state index in [4.69, 9.17) is 9.47 Å². The molecule has 34 heavy (non-hydrogen) atoms. The van der Waals surface area contributed by atoms with Crippen LogP contribution in [0, 0.1) is 5.82 Å². The molecule has 9 heteroatoms. The summed E-state index contributed by atoms with van der Waals surface area (Å²) in [4.78, 5) is 40.6. The average molecular weight is 485 g/mol. The molecular weight excluding hydrogens is 459 g/mol. The van der Waals surface area contributed by atoms with Crippen molar-refractivity contribution in [1.29, 1.82) is 0 Å². The molecule has 2 aliphatic rings. The van der Waals surface area contributed by atoms with Crippen LogP contribution in [0.1, 0.15) is 30.9 Å². The standard InChI is InChI=1S/C25H25FN2O5S/c1-2-32-21-13-17(9-10-20(21)33-16-23(29)27-11-5-6-12-27)14-22-24(30)28(25(31)34-22)15-18-7-3-4-8-19(18)26/h3-4,7-10,13-14H,2,5-6,11-12,15-16H2,1H3/b22-14-. The number of hydrogen-bond donors (Lipinski definition) is 0. The van der Waals surface area contributed by atoms with Crippen LogP contribution in [0.2, 0.25) is 0 Å². The van der Waals surface area contributed by atoms with Gasteiger partial charge in [0.15, 0.2) is 18.1 Å². The number of halogens is 1. The topological polar surface area (TPSA) is 76.1 Å². The largest absolute Gasteiger partial charge is 0.490 e. The molecule has 0 spiro atoms. The molecule has 0 unspecified atom stereocenters. The third kappa shape index (κ3) is 5.41. The van der Waals surface area contributed by atoms with Crippen LogP contribution in [-0.2, 0) is 16.1 Å². The highest BCUT2D eigenvalue weighted by Gasteiger charge is 2.35. The Hall–Kier alpha value is -3.33. The van der Waals surface area contributed by atoms with Crippen LogP contribution >= 0.6 is 11.8 Å². The third-order valence-corrected chi connectivity index (χ3v) is 6.44. The van der Waals surface area contributed by atoms with Crippen molar-refractivity contribution in [2.24, 2.45) is 0 Å². The van der Waals surface area contributed by atoms with Gasteiger partial charge in [0.1, 0.15) is 5.82 Å². The summed E-state index contributed by atoms with van der Waals surface area (Å²) >= 11 is 0.807. The van der Waals surface area contributed by atoms with E-state index in [1.807, 2.05) is 6.92 Å². The van der Waals surface area contributed by atoms with Crippen molar-refractivity contribution in [2.45, 2.75) is 26.3 Å². The van der Waals surface area contributed by atoms with Gasteiger partial charge in [0.2, 0.25) is 0 Å². The van der Waals surface area contributed by atoms with Crippen molar-refractivity contribution in [3.8, 4) is 11.5 Å². The number of amides is 3. The Morgan fingerprint density at radius 3 is 2.59 bits per heavy atom. The van der Waals surface area contributed by atoms with Crippen LogP contribution in [0.3, 0.4) is 0 Å². The van der Waals surface area contributed by atoms with Crippen molar-refractivity contribution in [3.05, 3.63) is 64.3 Å². The summed E-state index contributed by atoms with van der Waals surface area (Å²) in [5, 5.41) is -0.454. The van der Waals surface area contributed by atoms with Crippen molar-refractivity contribution in [2.75, 3.05) is 26.3 Å². The fraction of sp³-hybridized carbons (Fsp3) is 0.320. The lowest BCUT2D eigenvalue weighted by Gasteiger charge is -2.17. The lowest BCUT2D eigenvalue weighted by atomic mass is 10.1. The van der Waals surface area contributed by atoms with E-state index in [0.717, 1.165) is 42.6 Å². The van der Waals surface area contributed by atoms with E-state index in [2.05, 4.69) is 0 Å². The molecule has 2 aromatic rings. The van der Waals surface area contributed by atoms with Crippen LogP contribution in [0.4, 0.5) is 9.18 Å². The number of thioether (sulfide) groups is 1. The zero-order valence-corrected chi connectivity index (χ0v) is 19.6. The van der Waals surface area contributed by atoms with Gasteiger partial charge in [-0.3, -0.25) is 19.3 Å². The third-order valence-electron chi connectivity index (χ3n) is 5.54. The van der Waals surface area contributed by atoms with Gasteiger partial charge in [-0.25, -0.2) is 4.39 Å². The molecule has 0 aromatic heterocycles. The molecule has 178 valence electrons. The van der Waals surface area contributed by atoms with Gasteiger partial charge < -0.3 is 14.4 Å². The minimum atomic E-state index is -0.479. The molecule has 0 saturated carbocycles. The van der Waals surface area contributed by atoms with Crippen LogP contribution in [0.25, 0.3) is 6.08 Å². The Balaban J connectivity index is 1.47. The highest BCUT2D eigenvalue weighted by Crippen LogP contribution is 2.35. The number of likely N-dealkylation sites (tertiary alicyclic amines) is 1. The van der Waals surface area contributed by atoms with Gasteiger partial charge >= 0.3 is 0 Å². The maximum Gasteiger partial charge on any atom is 0.293 e. The molecule has 7 nitrogen and oxygen atoms in total. The second-order valence-electron chi connectivity index (χ2n) is 7.88. The van der Waals surface area contributed by atoms with Gasteiger partial charge in [-0.1, -0.05) is 24.3 Å². The minimum Gasteiger partial charge on any atom is -0.490 e. The molecule has 0 aliphatic carbocycles. The number of carbonyl (C=O) groups excluding carboxylic acids is 3. The van der Waals surface area contributed by atoms with E-state index in [1.54, 1.807) is 47.4 Å². The summed E-state index contributed by atoms with van der Waals surface area (Å²) in [5.41, 5.74) is 0.910. The minimum absolute atomic E-state index is 0.0625. The van der Waals surface area contributed by atoms with Gasteiger partial charge in [0.25, 0.3) is 17.1 Å². The van der Waals surface area contributed by atoms with E-state index in [1.165, 1.54) is 6.07 Å². The number of carbonyl (C=O) groups is 3. The van der Waals surface area contributed by atoms with E-state index >= 15 is 0 Å². The fourth-order valence-corrected chi connectivity index (χ4v) is 4.62. The number of rotatable bonds is 8. The number of hydrogen-bond acceptors (Lipinski definition) is 6. The predicted octanol–water partition coefficient (Wildman–Crippen LogP) is 4.46. The van der Waals surface area contributed by atoms with Gasteiger partial charge in [-0.15, -0.1) is 0 Å². The molecule has 2 aliphatic heterocycles. The van der Waals surface area contributed by atoms with Crippen LogP contribution < -0.4 is 9.47 Å². The number of imide groups is 1. The second kappa shape index (κ2) is 10.7. The number of ether oxygens (including phenoxy) is 2. The van der Waals surface area contributed by atoms with E-state index in [0.29, 0.717) is 23.7 Å². The first-order valence-electron chi connectivity index (χ1n) is 11.1. The Kier molecular flexibility index (Phi) is 7.52. The maximum absolute atomic E-state index is 14.0. The van der Waals surface area contributed by atoms with Crippen LogP contribution in [0.15, 0.2) is 47.4 Å². The molecule has 2 aromatic carbocycles. The van der Waals surface area contributed by atoms with E-state index < -0.39 is 17.0 Å². The molecular formula is C25H25FN2O5S. The predicted molar refractivity (Wildman–Crippen MR) is 127 cm³/mol. The van der Waals surface area contributed by atoms with Crippen molar-refractivity contribution < 1.29 is 28.2 Å². The smallest absolute Gasteiger partial charge is 0.293 e. The maximum atomic E-state index is 14.0. The lowest BCUT2D eigenvalue weighted by molar-refractivity contribution is -0.132. The zero-order chi connectivity index (χ0) is 24.1. The summed E-state index contributed by atoms with van der Waals surface area (Å²) < 4.78 is 25.4. The van der Waals surface area contributed by atoms with Gasteiger partial charge in [-0.05, 0) is 61.4 Å². The summed E-state index contributed by atoms with van der Waals surface area (Å²) in [5.74, 6) is -0.138. The monoisotopic (exact) mass is 484 g/mol. The van der Waals surface area contributed by atoms with Crippen molar-refractivity contribution in [1.82, 2.24) is 9.80 Å². The first-order valence-corrected chi connectivity index (χ1v) is 11.9. The summed E-state index contributed by atoms with van der Waals surface area (Å²) in [6, 6.07) is 11.2. The fourth-order valence-electron chi connectivity index (χ4n) is 3.78. The Bertz CT molecular complexity index is 1130. The van der Waals surface area contributed by atoms with Crippen molar-refractivity contribution >= 4 is 34.9 Å². The molecule has 2 saturated heterocycles. The Morgan fingerprint density at radius 2 is 1.85 bits per heavy atom. The first-order chi connectivity index (χ1) is 16.5. The lowest BCUT2D eigenvalue weighted by Crippen LogP contribution is -2.32. The summed E-state index contributed by atoms with van der Waals surface area (Å²) in [6.07, 6.45) is 3.61. The van der Waals surface area contributed by atoms with Crippen LogP contribution in [-0.4, -0.2) is 53.2 Å². The first kappa shape index (κ1) is 23.8. The molecule has 2 heterocycles. The average Bonchev–Trinajstić information content (AvgIpc) is 3.45. The Labute approximate surface area is 201 Å². The Morgan fingerprint density at radius 1 is 1.09 bits per heavy atom. The normalized spacial score (nSPS) is 17.1. The van der Waals surface area contributed by atoms with Gasteiger partial charge in [0, 0.05) is 18.7 Å². The van der Waals surface area contributed by atoms with E-state index in [9.17, 15) is 18.8 Å². The highest BCUT2D eigenvalue weighted by molar-refractivity contribution is 8.18. The summed E-state index contributed by atoms with van der Waals surface area (Å²) in [6.45, 7) is 3.53. The molecule has 0 N–H and O–H groups in total.